The van der Waals surface area contributed by atoms with Crippen LogP contribution in [-0.4, -0.2) is 70.2 Å². The molecule has 4 heterocycles. The standard InChI is InChI=1S/C16H10O12S4.4C7H13N2/c17-29(18,19)11-5-13(31(23,24)25)9-3-4-10-14(32(26,27)28)6-12(30(20,21)22)8-2-1-7(11)15(9)16(8)10;4*1-4-9-6-5-8(3)7(9)2/h1-6H,(H,17,18,19)(H,20,21,22)(H,23,24,25)(H,26,27,28);4*5-6H,4H2,1-3H3/q;4*+1/p-4. The van der Waals surface area contributed by atoms with Gasteiger partial charge in [-0.1, -0.05) is 24.3 Å². The Kier molecular flexibility index (Phi) is 17.3. The van der Waals surface area contributed by atoms with Gasteiger partial charge in [-0.3, -0.25) is 0 Å². The molecule has 0 aliphatic rings. The number of imidazole rings is 4. The summed E-state index contributed by atoms with van der Waals surface area (Å²) in [6.07, 6.45) is 16.6. The van der Waals surface area contributed by atoms with E-state index in [1.165, 1.54) is 23.3 Å². The van der Waals surface area contributed by atoms with Crippen LogP contribution in [0.5, 0.6) is 0 Å². The van der Waals surface area contributed by atoms with E-state index in [4.69, 9.17) is 0 Å². The van der Waals surface area contributed by atoms with E-state index in [0.717, 1.165) is 50.4 Å². The summed E-state index contributed by atoms with van der Waals surface area (Å²) < 4.78 is 158. The van der Waals surface area contributed by atoms with Crippen LogP contribution in [-0.2, 0) is 94.8 Å². The molecular weight excluding hydrogens is 961 g/mol. The van der Waals surface area contributed by atoms with Crippen molar-refractivity contribution >= 4 is 72.8 Å². The number of nitrogens with zero attached hydrogens (tertiary/aromatic N) is 8. The van der Waals surface area contributed by atoms with E-state index in [1.807, 2.05) is 0 Å². The van der Waals surface area contributed by atoms with Crippen molar-refractivity contribution < 1.29 is 70.2 Å². The molecule has 0 saturated heterocycles. The predicted molar refractivity (Wildman–Crippen MR) is 246 cm³/mol. The Morgan fingerprint density at radius 3 is 0.662 bits per heavy atom. The topological polar surface area (TPSA) is 264 Å². The molecule has 0 fully saturated rings. The van der Waals surface area contributed by atoms with Gasteiger partial charge in [-0.05, 0) is 50.6 Å². The van der Waals surface area contributed by atoms with Gasteiger partial charge >= 0.3 is 0 Å². The van der Waals surface area contributed by atoms with Gasteiger partial charge in [0.2, 0.25) is 0 Å². The maximum atomic E-state index is 11.8. The van der Waals surface area contributed by atoms with Gasteiger partial charge < -0.3 is 18.2 Å². The van der Waals surface area contributed by atoms with Crippen LogP contribution in [0, 0.1) is 27.7 Å². The predicted octanol–water partition coefficient (Wildman–Crippen LogP) is 2.76. The third-order valence-corrected chi connectivity index (χ3v) is 15.3. The summed E-state index contributed by atoms with van der Waals surface area (Å²) >= 11 is 0. The summed E-state index contributed by atoms with van der Waals surface area (Å²) in [5.74, 6) is 5.21. The van der Waals surface area contributed by atoms with Crippen molar-refractivity contribution in [3.05, 3.63) is 109 Å². The van der Waals surface area contributed by atoms with Crippen LogP contribution in [0.2, 0.25) is 0 Å². The molecule has 68 heavy (non-hydrogen) atoms. The lowest BCUT2D eigenvalue weighted by atomic mass is 9.94. The summed E-state index contributed by atoms with van der Waals surface area (Å²) in [4.78, 5) is -4.63. The molecule has 20 nitrogen and oxygen atoms in total. The molecule has 0 saturated carbocycles. The zero-order valence-corrected chi connectivity index (χ0v) is 43.3. The van der Waals surface area contributed by atoms with E-state index in [9.17, 15) is 51.9 Å². The van der Waals surface area contributed by atoms with E-state index < -0.39 is 92.4 Å². The van der Waals surface area contributed by atoms with Crippen molar-refractivity contribution in [2.24, 2.45) is 28.2 Å². The third kappa shape index (κ3) is 12.2. The summed E-state index contributed by atoms with van der Waals surface area (Å²) in [6.45, 7) is 21.3. The molecule has 8 aromatic rings. The fraction of sp³-hybridized carbons (Fsp3) is 0.364. The van der Waals surface area contributed by atoms with Gasteiger partial charge in [-0.25, -0.2) is 70.2 Å². The van der Waals surface area contributed by atoms with E-state index in [0.29, 0.717) is 12.1 Å². The molecule has 24 heteroatoms. The maximum absolute atomic E-state index is 11.8. The highest BCUT2D eigenvalue weighted by molar-refractivity contribution is 7.87. The SMILES string of the molecule is CCn1cc[n+](C)c1C.CCn1cc[n+](C)c1C.CCn1cc[n+](C)c1C.CCn1cc[n+](C)c1C.O=S(=O)([O-])c1cc(S(=O)(=O)[O-])c2ccc3c(S(=O)(=O)[O-])cc(S(=O)(=O)[O-])c4ccc1c2c43. The fourth-order valence-electron chi connectivity index (χ4n) is 7.43. The van der Waals surface area contributed by atoms with Gasteiger partial charge in [0.05, 0.1) is 74.0 Å². The highest BCUT2D eigenvalue weighted by Crippen LogP contribution is 2.44. The van der Waals surface area contributed by atoms with Gasteiger partial charge in [0.1, 0.15) is 90.0 Å². The smallest absolute Gasteiger partial charge is 0.252 e. The van der Waals surface area contributed by atoms with Crippen molar-refractivity contribution in [3.63, 3.8) is 0 Å². The van der Waals surface area contributed by atoms with Gasteiger partial charge in [0.25, 0.3) is 23.3 Å². The summed E-state index contributed by atoms with van der Waals surface area (Å²) in [6, 6.07) is 4.27. The van der Waals surface area contributed by atoms with Crippen LogP contribution < -0.4 is 18.3 Å². The number of aromatic nitrogens is 8. The molecule has 0 bridgehead atoms. The molecular formula is C44H58N8O12S4. The first kappa shape index (κ1) is 55.0. The molecule has 370 valence electrons. The first-order valence-corrected chi connectivity index (χ1v) is 26.7. The molecule has 0 aliphatic carbocycles. The Morgan fingerprint density at radius 2 is 0.559 bits per heavy atom. The summed E-state index contributed by atoms with van der Waals surface area (Å²) in [5, 5.41) is -2.90. The van der Waals surface area contributed by atoms with Crippen molar-refractivity contribution in [3.8, 4) is 0 Å². The van der Waals surface area contributed by atoms with Gasteiger partial charge in [0, 0.05) is 49.2 Å². The average Bonchev–Trinajstić information content (AvgIpc) is 3.99. The van der Waals surface area contributed by atoms with E-state index >= 15 is 0 Å². The first-order valence-electron chi connectivity index (χ1n) is 21.1. The molecule has 0 spiro atoms. The lowest BCUT2D eigenvalue weighted by Gasteiger charge is -2.23. The van der Waals surface area contributed by atoms with Crippen LogP contribution in [0.3, 0.4) is 0 Å². The minimum atomic E-state index is -5.40. The molecule has 0 unspecified atom stereocenters. The zero-order chi connectivity index (χ0) is 51.4. The fourth-order valence-corrected chi connectivity index (χ4v) is 10.4. The van der Waals surface area contributed by atoms with E-state index in [2.05, 4.69) is 170 Å². The van der Waals surface area contributed by atoms with E-state index in [-0.39, 0.29) is 0 Å². The highest BCUT2D eigenvalue weighted by atomic mass is 32.2. The summed E-state index contributed by atoms with van der Waals surface area (Å²) in [7, 11) is -13.4. The Balaban J connectivity index is 0.000000225. The normalized spacial score (nSPS) is 11.9. The largest absolute Gasteiger partial charge is 0.744 e. The Morgan fingerprint density at radius 1 is 0.382 bits per heavy atom. The first-order chi connectivity index (χ1) is 31.4. The monoisotopic (exact) mass is 1020 g/mol. The number of hydrogen-bond acceptors (Lipinski definition) is 12. The average molecular weight is 1020 g/mol. The highest BCUT2D eigenvalue weighted by Gasteiger charge is 2.24. The number of hydrogen-bond donors (Lipinski definition) is 0. The second-order valence-electron chi connectivity index (χ2n) is 15.6. The second kappa shape index (κ2) is 21.4. The second-order valence-corrected chi connectivity index (χ2v) is 21.0. The molecule has 0 atom stereocenters. The van der Waals surface area contributed by atoms with Crippen molar-refractivity contribution in [2.75, 3.05) is 0 Å². The minimum Gasteiger partial charge on any atom is -0.744 e. The van der Waals surface area contributed by atoms with Crippen LogP contribution in [0.1, 0.15) is 51.0 Å². The molecule has 0 amide bonds. The zero-order valence-electron chi connectivity index (χ0n) is 40.0. The molecule has 4 aromatic heterocycles. The number of aryl methyl sites for hydroxylation is 8. The van der Waals surface area contributed by atoms with Crippen LogP contribution in [0.4, 0.5) is 0 Å². The third-order valence-electron chi connectivity index (χ3n) is 11.8. The Hall–Kier alpha value is -5.60. The minimum absolute atomic E-state index is 0.336. The summed E-state index contributed by atoms with van der Waals surface area (Å²) in [5.41, 5.74) is 0. The molecule has 0 aliphatic heterocycles. The molecule has 8 rings (SSSR count). The quantitative estimate of drug-likeness (QED) is 0.121. The molecule has 4 aromatic carbocycles. The number of benzene rings is 4. The van der Waals surface area contributed by atoms with Crippen molar-refractivity contribution in [1.29, 1.82) is 0 Å². The van der Waals surface area contributed by atoms with E-state index in [1.54, 1.807) is 0 Å². The van der Waals surface area contributed by atoms with Gasteiger partial charge in [0.15, 0.2) is 0 Å². The number of rotatable bonds is 8. The lowest BCUT2D eigenvalue weighted by molar-refractivity contribution is -0.677. The molecule has 0 radical (unpaired) electrons. The van der Waals surface area contributed by atoms with Gasteiger partial charge in [-0.15, -0.1) is 0 Å². The molecule has 0 N–H and O–H groups in total. The Labute approximate surface area is 397 Å². The Bertz CT molecular complexity index is 3100. The van der Waals surface area contributed by atoms with Gasteiger partial charge in [-0.2, -0.15) is 0 Å². The van der Waals surface area contributed by atoms with Crippen LogP contribution >= 0.6 is 0 Å². The maximum Gasteiger partial charge on any atom is 0.252 e. The van der Waals surface area contributed by atoms with Crippen LogP contribution in [0.15, 0.2) is 106 Å². The van der Waals surface area contributed by atoms with Crippen LogP contribution in [0.25, 0.3) is 32.3 Å². The lowest BCUT2D eigenvalue weighted by Crippen LogP contribution is -2.29. The van der Waals surface area contributed by atoms with Crippen molar-refractivity contribution in [2.45, 2.75) is 101 Å². The van der Waals surface area contributed by atoms with Crippen molar-refractivity contribution in [1.82, 2.24) is 18.3 Å².